The number of carbonyl (C=O) groups excluding carboxylic acids is 1. The zero-order valence-corrected chi connectivity index (χ0v) is 17.7. The minimum atomic E-state index is -3.47. The van der Waals surface area contributed by atoms with Crippen LogP contribution < -0.4 is 19.5 Å². The van der Waals surface area contributed by atoms with Gasteiger partial charge in [0.25, 0.3) is 5.91 Å². The largest absolute Gasteiger partial charge is 0.497 e. The van der Waals surface area contributed by atoms with Crippen LogP contribution in [-0.4, -0.2) is 59.1 Å². The summed E-state index contributed by atoms with van der Waals surface area (Å²) in [5.41, 5.74) is 0. The van der Waals surface area contributed by atoms with Gasteiger partial charge in [-0.3, -0.25) is 4.79 Å². The van der Waals surface area contributed by atoms with Gasteiger partial charge in [-0.25, -0.2) is 12.7 Å². The molecule has 2 rings (SSSR count). The molecule has 0 saturated carbocycles. The van der Waals surface area contributed by atoms with Crippen molar-refractivity contribution in [3.63, 3.8) is 0 Å². The lowest BCUT2D eigenvalue weighted by molar-refractivity contribution is -0.127. The number of nitrogens with zero attached hydrogens (tertiary/aromatic N) is 1. The topological polar surface area (TPSA) is 94.2 Å². The summed E-state index contributed by atoms with van der Waals surface area (Å²) in [6, 6.07) is 13.1. The Labute approximate surface area is 171 Å². The van der Waals surface area contributed by atoms with E-state index in [0.717, 1.165) is 4.31 Å². The smallest absolute Gasteiger partial charge is 0.260 e. The molecule has 0 radical (unpaired) electrons. The highest BCUT2D eigenvalue weighted by atomic mass is 32.2. The van der Waals surface area contributed by atoms with Gasteiger partial charge in [0.15, 0.2) is 6.10 Å². The molecular weight excluding hydrogens is 396 g/mol. The van der Waals surface area contributed by atoms with E-state index in [0.29, 0.717) is 17.2 Å². The van der Waals surface area contributed by atoms with Crippen molar-refractivity contribution < 1.29 is 27.4 Å². The molecule has 2 aromatic carbocycles. The normalized spacial score (nSPS) is 12.3. The second-order valence-electron chi connectivity index (χ2n) is 6.33. The predicted octanol–water partition coefficient (Wildman–Crippen LogP) is 1.91. The Morgan fingerprint density at radius 3 is 2.10 bits per heavy atom. The summed E-state index contributed by atoms with van der Waals surface area (Å²) in [4.78, 5) is 12.3. The Bertz CT molecular complexity index is 896. The highest BCUT2D eigenvalue weighted by Gasteiger charge is 2.17. The minimum absolute atomic E-state index is 0.188. The summed E-state index contributed by atoms with van der Waals surface area (Å²) in [5, 5.41) is 2.73. The Kier molecular flexibility index (Phi) is 7.86. The van der Waals surface area contributed by atoms with Crippen LogP contribution in [0.3, 0.4) is 0 Å². The van der Waals surface area contributed by atoms with Crippen LogP contribution in [0.25, 0.3) is 0 Å². The average molecular weight is 423 g/mol. The lowest BCUT2D eigenvalue weighted by atomic mass is 10.3. The van der Waals surface area contributed by atoms with E-state index in [-0.39, 0.29) is 24.0 Å². The molecule has 0 heterocycles. The summed E-state index contributed by atoms with van der Waals surface area (Å²) in [5.74, 6) is 1.52. The monoisotopic (exact) mass is 422 g/mol. The second kappa shape index (κ2) is 10.1. The fourth-order valence-corrected chi connectivity index (χ4v) is 3.22. The summed E-state index contributed by atoms with van der Waals surface area (Å²) in [6.45, 7) is 2.18. The van der Waals surface area contributed by atoms with E-state index >= 15 is 0 Å². The second-order valence-corrected chi connectivity index (χ2v) is 8.49. The van der Waals surface area contributed by atoms with Gasteiger partial charge in [0.1, 0.15) is 23.9 Å². The van der Waals surface area contributed by atoms with Crippen molar-refractivity contribution in [1.82, 2.24) is 9.62 Å². The third-order valence-electron chi connectivity index (χ3n) is 4.01. The number of methoxy groups -OCH3 is 1. The van der Waals surface area contributed by atoms with Crippen molar-refractivity contribution in [3.8, 4) is 17.2 Å². The van der Waals surface area contributed by atoms with Crippen molar-refractivity contribution in [2.45, 2.75) is 17.9 Å². The fraction of sp³-hybridized carbons (Fsp3) is 0.350. The summed E-state index contributed by atoms with van der Waals surface area (Å²) < 4.78 is 41.4. The first-order chi connectivity index (χ1) is 13.7. The Morgan fingerprint density at radius 1 is 1.00 bits per heavy atom. The number of benzene rings is 2. The molecule has 0 aliphatic rings. The number of amides is 1. The van der Waals surface area contributed by atoms with E-state index in [4.69, 9.17) is 14.2 Å². The molecule has 158 valence electrons. The van der Waals surface area contributed by atoms with Gasteiger partial charge in [0.2, 0.25) is 10.0 Å². The van der Waals surface area contributed by atoms with Crippen LogP contribution in [0.2, 0.25) is 0 Å². The molecule has 0 spiro atoms. The number of carbonyl (C=O) groups is 1. The third kappa shape index (κ3) is 6.37. The maximum atomic E-state index is 12.1. The van der Waals surface area contributed by atoms with E-state index in [1.807, 2.05) is 0 Å². The Hall–Kier alpha value is -2.78. The molecule has 0 unspecified atom stereocenters. The van der Waals surface area contributed by atoms with Crippen LogP contribution in [0.5, 0.6) is 17.2 Å². The molecule has 1 N–H and O–H groups in total. The third-order valence-corrected chi connectivity index (χ3v) is 5.84. The van der Waals surface area contributed by atoms with Gasteiger partial charge in [-0.15, -0.1) is 0 Å². The number of rotatable bonds is 10. The summed E-state index contributed by atoms with van der Waals surface area (Å²) >= 11 is 0. The Morgan fingerprint density at radius 2 is 1.55 bits per heavy atom. The molecule has 0 bridgehead atoms. The fourth-order valence-electron chi connectivity index (χ4n) is 2.32. The van der Waals surface area contributed by atoms with Crippen molar-refractivity contribution in [1.29, 1.82) is 0 Å². The van der Waals surface area contributed by atoms with Gasteiger partial charge >= 0.3 is 0 Å². The van der Waals surface area contributed by atoms with Crippen molar-refractivity contribution in [2.75, 3.05) is 34.4 Å². The highest BCUT2D eigenvalue weighted by Crippen LogP contribution is 2.19. The lowest BCUT2D eigenvalue weighted by Crippen LogP contribution is -2.38. The number of ether oxygens (including phenoxy) is 3. The zero-order valence-electron chi connectivity index (χ0n) is 16.9. The molecule has 0 saturated heterocycles. The molecule has 0 aromatic heterocycles. The first-order valence-electron chi connectivity index (χ1n) is 8.98. The predicted molar refractivity (Wildman–Crippen MR) is 109 cm³/mol. The molecule has 2 aromatic rings. The van der Waals surface area contributed by atoms with Gasteiger partial charge in [0.05, 0.1) is 18.6 Å². The molecule has 0 aliphatic carbocycles. The molecule has 0 aliphatic heterocycles. The van der Waals surface area contributed by atoms with Gasteiger partial charge in [-0.2, -0.15) is 0 Å². The van der Waals surface area contributed by atoms with Crippen LogP contribution in [0.4, 0.5) is 0 Å². The van der Waals surface area contributed by atoms with E-state index in [9.17, 15) is 13.2 Å². The number of hydrogen-bond donors (Lipinski definition) is 1. The number of hydrogen-bond acceptors (Lipinski definition) is 6. The summed E-state index contributed by atoms with van der Waals surface area (Å²) in [6.07, 6.45) is -0.668. The lowest BCUT2D eigenvalue weighted by Gasteiger charge is -2.15. The van der Waals surface area contributed by atoms with E-state index in [1.54, 1.807) is 50.4 Å². The van der Waals surface area contributed by atoms with Gasteiger partial charge in [-0.1, -0.05) is 0 Å². The van der Waals surface area contributed by atoms with Crippen LogP contribution in [-0.2, 0) is 14.8 Å². The van der Waals surface area contributed by atoms with Gasteiger partial charge in [-0.05, 0) is 55.5 Å². The van der Waals surface area contributed by atoms with E-state index < -0.39 is 16.1 Å². The number of nitrogens with one attached hydrogen (secondary N) is 1. The molecular formula is C20H26N2O6S. The molecule has 9 heteroatoms. The quantitative estimate of drug-likeness (QED) is 0.588. The first kappa shape index (κ1) is 22.5. The zero-order chi connectivity index (χ0) is 21.4. The van der Waals surface area contributed by atoms with Crippen LogP contribution in [0.1, 0.15) is 6.92 Å². The number of sulfonamides is 1. The van der Waals surface area contributed by atoms with Crippen molar-refractivity contribution in [2.24, 2.45) is 0 Å². The van der Waals surface area contributed by atoms with Crippen molar-refractivity contribution >= 4 is 15.9 Å². The standard InChI is InChI=1S/C20H26N2O6S/c1-15(28-18-7-5-16(26-4)6-8-18)20(23)21-13-14-27-17-9-11-19(12-10-17)29(24,25)22(2)3/h5-12,15H,13-14H2,1-4H3,(H,21,23)/t15-/m1/s1. The average Bonchev–Trinajstić information content (AvgIpc) is 2.71. The Balaban J connectivity index is 1.75. The molecule has 8 nitrogen and oxygen atoms in total. The first-order valence-corrected chi connectivity index (χ1v) is 10.4. The maximum absolute atomic E-state index is 12.1. The van der Waals surface area contributed by atoms with Crippen molar-refractivity contribution in [3.05, 3.63) is 48.5 Å². The summed E-state index contributed by atoms with van der Waals surface area (Å²) in [7, 11) is 1.06. The van der Waals surface area contributed by atoms with Crippen LogP contribution in [0, 0.1) is 0 Å². The molecule has 1 amide bonds. The van der Waals surface area contributed by atoms with E-state index in [2.05, 4.69) is 5.32 Å². The van der Waals surface area contributed by atoms with Gasteiger partial charge < -0.3 is 19.5 Å². The van der Waals surface area contributed by atoms with E-state index in [1.165, 1.54) is 26.2 Å². The molecule has 0 fully saturated rings. The molecule has 29 heavy (non-hydrogen) atoms. The maximum Gasteiger partial charge on any atom is 0.260 e. The van der Waals surface area contributed by atoms with Gasteiger partial charge in [0, 0.05) is 14.1 Å². The highest BCUT2D eigenvalue weighted by molar-refractivity contribution is 7.89. The van der Waals surface area contributed by atoms with Crippen LogP contribution >= 0.6 is 0 Å². The minimum Gasteiger partial charge on any atom is -0.497 e. The van der Waals surface area contributed by atoms with Crippen LogP contribution in [0.15, 0.2) is 53.4 Å². The SMILES string of the molecule is COc1ccc(O[C@H](C)C(=O)NCCOc2ccc(S(=O)(=O)N(C)C)cc2)cc1. The molecule has 1 atom stereocenters.